The van der Waals surface area contributed by atoms with E-state index in [0.29, 0.717) is 20.1 Å². The van der Waals surface area contributed by atoms with E-state index in [9.17, 15) is 14.9 Å². The van der Waals surface area contributed by atoms with Crippen LogP contribution in [0, 0.1) is 10.1 Å². The first kappa shape index (κ1) is 28.8. The molecule has 2 aliphatic rings. The lowest BCUT2D eigenvalue weighted by molar-refractivity contribution is -0.385. The predicted octanol–water partition coefficient (Wildman–Crippen LogP) is 6.47. The molecular formula is C35H26ClN3O5S. The molecule has 0 spiro atoms. The van der Waals surface area contributed by atoms with Gasteiger partial charge in [-0.15, -0.1) is 0 Å². The van der Waals surface area contributed by atoms with E-state index in [-0.39, 0.29) is 35.2 Å². The first-order valence-electron chi connectivity index (χ1n) is 14.3. The molecule has 1 atom stereocenters. The molecule has 10 heteroatoms. The highest BCUT2D eigenvalue weighted by Gasteiger charge is 2.32. The average molecular weight is 636 g/mol. The van der Waals surface area contributed by atoms with Crippen molar-refractivity contribution in [3.8, 4) is 11.5 Å². The van der Waals surface area contributed by atoms with Crippen LogP contribution in [0.15, 0.2) is 106 Å². The van der Waals surface area contributed by atoms with Crippen LogP contribution in [-0.4, -0.2) is 16.6 Å². The normalized spacial score (nSPS) is 15.5. The second kappa shape index (κ2) is 11.8. The number of hydrogen-bond acceptors (Lipinski definition) is 7. The summed E-state index contributed by atoms with van der Waals surface area (Å²) in [5.74, 6) is 0.558. The smallest absolute Gasteiger partial charge is 0.280 e. The van der Waals surface area contributed by atoms with E-state index in [1.54, 1.807) is 10.6 Å². The van der Waals surface area contributed by atoms with E-state index in [1.165, 1.54) is 36.1 Å². The molecule has 1 aliphatic heterocycles. The molecular weight excluding hydrogens is 610 g/mol. The van der Waals surface area contributed by atoms with Crippen LogP contribution in [-0.2, 0) is 13.0 Å². The molecule has 0 radical (unpaired) electrons. The van der Waals surface area contributed by atoms with Gasteiger partial charge in [0.05, 0.1) is 39.9 Å². The van der Waals surface area contributed by atoms with Crippen molar-refractivity contribution in [2.24, 2.45) is 4.99 Å². The number of nitro benzene ring substituents is 1. The summed E-state index contributed by atoms with van der Waals surface area (Å²) < 4.78 is 13.5. The Morgan fingerprint density at radius 2 is 1.78 bits per heavy atom. The molecule has 0 saturated carbocycles. The van der Waals surface area contributed by atoms with Gasteiger partial charge in [-0.1, -0.05) is 89.7 Å². The zero-order valence-electron chi connectivity index (χ0n) is 24.1. The monoisotopic (exact) mass is 635 g/mol. The first-order valence-corrected chi connectivity index (χ1v) is 15.5. The van der Waals surface area contributed by atoms with Crippen LogP contribution < -0.4 is 24.4 Å². The summed E-state index contributed by atoms with van der Waals surface area (Å²) in [7, 11) is 1.47. The van der Waals surface area contributed by atoms with E-state index in [1.807, 2.05) is 66.7 Å². The highest BCUT2D eigenvalue weighted by Crippen LogP contribution is 2.41. The predicted molar refractivity (Wildman–Crippen MR) is 175 cm³/mol. The number of nitrogens with zero attached hydrogens (tertiary/aromatic N) is 3. The summed E-state index contributed by atoms with van der Waals surface area (Å²) in [6, 6.07) is 27.7. The molecule has 2 heterocycles. The molecule has 7 rings (SSSR count). The lowest BCUT2D eigenvalue weighted by atomic mass is 9.83. The molecule has 0 fully saturated rings. The van der Waals surface area contributed by atoms with Crippen molar-refractivity contribution in [2.75, 3.05) is 7.11 Å². The lowest BCUT2D eigenvalue weighted by Crippen LogP contribution is -2.38. The highest BCUT2D eigenvalue weighted by atomic mass is 35.5. The molecule has 8 nitrogen and oxygen atoms in total. The van der Waals surface area contributed by atoms with E-state index < -0.39 is 4.92 Å². The molecule has 1 aliphatic carbocycles. The van der Waals surface area contributed by atoms with Crippen LogP contribution in [0.25, 0.3) is 11.8 Å². The van der Waals surface area contributed by atoms with Gasteiger partial charge in [-0.25, -0.2) is 4.99 Å². The van der Waals surface area contributed by atoms with Gasteiger partial charge in [0.25, 0.3) is 11.2 Å². The Morgan fingerprint density at radius 1 is 1.02 bits per heavy atom. The topological polar surface area (TPSA) is 96.0 Å². The minimum absolute atomic E-state index is 0.202. The number of methoxy groups -OCH3 is 1. The quantitative estimate of drug-likeness (QED) is 0.151. The van der Waals surface area contributed by atoms with Crippen molar-refractivity contribution < 1.29 is 14.4 Å². The Balaban J connectivity index is 1.38. The Labute approximate surface area is 266 Å². The summed E-state index contributed by atoms with van der Waals surface area (Å²) in [5.41, 5.74) is 5.78. The standard InChI is InChI=1S/C35H26ClN3O5S/c1-43-29-17-24(28(39(41)42)19-30(29)44-20-21-7-3-2-4-8-21)18-31-34(40)38-33(23-11-14-25(36)15-12-23)27-16-13-22-9-5-6-10-26(22)32(27)37-35(38)45-31/h2-12,14-15,17-19,33H,13,16,20H2,1H3/b31-18+/t33-/m0/s1. The molecule has 1 aromatic heterocycles. The summed E-state index contributed by atoms with van der Waals surface area (Å²) >= 11 is 7.44. The third kappa shape index (κ3) is 5.34. The summed E-state index contributed by atoms with van der Waals surface area (Å²) in [6.45, 7) is 0.213. The summed E-state index contributed by atoms with van der Waals surface area (Å²) in [6.07, 6.45) is 3.13. The van der Waals surface area contributed by atoms with E-state index in [0.717, 1.165) is 40.8 Å². The number of fused-ring (bicyclic) bond motifs is 3. The molecule has 5 aromatic rings. The van der Waals surface area contributed by atoms with Gasteiger partial charge in [0, 0.05) is 10.6 Å². The van der Waals surface area contributed by atoms with Gasteiger partial charge in [0.2, 0.25) is 0 Å². The van der Waals surface area contributed by atoms with Crippen molar-refractivity contribution in [3.63, 3.8) is 0 Å². The van der Waals surface area contributed by atoms with Crippen molar-refractivity contribution in [1.82, 2.24) is 4.57 Å². The van der Waals surface area contributed by atoms with Crippen LogP contribution in [0.1, 0.15) is 40.3 Å². The molecule has 0 unspecified atom stereocenters. The second-order valence-electron chi connectivity index (χ2n) is 10.8. The number of ether oxygens (including phenoxy) is 2. The number of allylic oxidation sites excluding steroid dienone is 1. The van der Waals surface area contributed by atoms with Crippen molar-refractivity contribution in [3.05, 3.63) is 159 Å². The molecule has 0 N–H and O–H groups in total. The fourth-order valence-electron chi connectivity index (χ4n) is 5.95. The Kier molecular flexibility index (Phi) is 7.56. The van der Waals surface area contributed by atoms with Crippen molar-refractivity contribution in [2.45, 2.75) is 25.5 Å². The molecule has 0 bridgehead atoms. The van der Waals surface area contributed by atoms with Gasteiger partial charge >= 0.3 is 0 Å². The van der Waals surface area contributed by atoms with Gasteiger partial charge in [0.1, 0.15) is 6.61 Å². The van der Waals surface area contributed by atoms with Crippen LogP contribution in [0.4, 0.5) is 5.69 Å². The Hall–Kier alpha value is -4.99. The molecule has 0 saturated heterocycles. The van der Waals surface area contributed by atoms with Gasteiger partial charge in [0.15, 0.2) is 16.3 Å². The molecule has 4 aromatic carbocycles. The molecule has 45 heavy (non-hydrogen) atoms. The highest BCUT2D eigenvalue weighted by molar-refractivity contribution is 7.07. The number of rotatable bonds is 7. The zero-order valence-corrected chi connectivity index (χ0v) is 25.7. The summed E-state index contributed by atoms with van der Waals surface area (Å²) in [4.78, 5) is 31.5. The number of halogens is 1. The fraction of sp³-hybridized carbons (Fsp3) is 0.143. The average Bonchev–Trinajstić information content (AvgIpc) is 3.37. The number of aryl methyl sites for hydroxylation is 1. The maximum absolute atomic E-state index is 14.2. The number of hydrogen-bond donors (Lipinski definition) is 0. The third-order valence-corrected chi connectivity index (χ3v) is 9.33. The van der Waals surface area contributed by atoms with E-state index in [2.05, 4.69) is 12.1 Å². The second-order valence-corrected chi connectivity index (χ2v) is 12.2. The summed E-state index contributed by atoms with van der Waals surface area (Å²) in [5, 5.41) is 12.8. The maximum atomic E-state index is 14.2. The van der Waals surface area contributed by atoms with Gasteiger partial charge < -0.3 is 9.47 Å². The van der Waals surface area contributed by atoms with Gasteiger partial charge in [-0.3, -0.25) is 19.5 Å². The SMILES string of the molecule is COc1cc(/C=c2/sc3n(c2=O)[C@@H](c2ccc(Cl)cc2)C2=C(N=3)c3ccccc3CC2)c([N+](=O)[O-])cc1OCc1ccccc1. The number of nitro groups is 1. The van der Waals surface area contributed by atoms with Crippen molar-refractivity contribution in [1.29, 1.82) is 0 Å². The number of thiazole rings is 1. The van der Waals surface area contributed by atoms with Crippen LogP contribution in [0.3, 0.4) is 0 Å². The van der Waals surface area contributed by atoms with Gasteiger partial charge in [-0.2, -0.15) is 0 Å². The van der Waals surface area contributed by atoms with Crippen LogP contribution in [0.5, 0.6) is 11.5 Å². The lowest BCUT2D eigenvalue weighted by Gasteiger charge is -2.30. The zero-order chi connectivity index (χ0) is 31.1. The molecule has 224 valence electrons. The minimum atomic E-state index is -0.482. The van der Waals surface area contributed by atoms with Crippen molar-refractivity contribution >= 4 is 40.4 Å². The third-order valence-electron chi connectivity index (χ3n) is 8.09. The van der Waals surface area contributed by atoms with E-state index >= 15 is 0 Å². The number of aromatic nitrogens is 1. The molecule has 0 amide bonds. The van der Waals surface area contributed by atoms with E-state index in [4.69, 9.17) is 26.1 Å². The first-order chi connectivity index (χ1) is 21.9. The fourth-order valence-corrected chi connectivity index (χ4v) is 7.07. The van der Waals surface area contributed by atoms with Gasteiger partial charge in [-0.05, 0) is 59.4 Å². The Morgan fingerprint density at radius 3 is 2.53 bits per heavy atom. The van der Waals surface area contributed by atoms with Crippen LogP contribution in [0.2, 0.25) is 5.02 Å². The number of benzene rings is 4. The largest absolute Gasteiger partial charge is 0.493 e. The minimum Gasteiger partial charge on any atom is -0.493 e. The van der Waals surface area contributed by atoms with Crippen LogP contribution >= 0.6 is 22.9 Å². The maximum Gasteiger partial charge on any atom is 0.280 e. The Bertz CT molecular complexity index is 2170.